The first kappa shape index (κ1) is 24.2. The summed E-state index contributed by atoms with van der Waals surface area (Å²) in [5.74, 6) is -0.850. The lowest BCUT2D eigenvalue weighted by molar-refractivity contribution is -0.141. The summed E-state index contributed by atoms with van der Waals surface area (Å²) in [7, 11) is 0. The Morgan fingerprint density at radius 1 is 1.03 bits per heavy atom. The predicted molar refractivity (Wildman–Crippen MR) is 119 cm³/mol. The molecule has 0 aliphatic rings. The van der Waals surface area contributed by atoms with Gasteiger partial charge in [0, 0.05) is 28.2 Å². The van der Waals surface area contributed by atoms with E-state index in [0.29, 0.717) is 27.6 Å². The molecule has 0 bridgehead atoms. The Morgan fingerprint density at radius 2 is 1.63 bits per heavy atom. The molecule has 0 spiro atoms. The summed E-state index contributed by atoms with van der Waals surface area (Å²) in [6, 6.07) is 10.2. The molecule has 2 aromatic rings. The standard InChI is InChI=1S/C23H27Cl2FN2O2/c1-4-15(3)27-23(30)21(5-2)28(14-18-19(24)7-6-8-20(18)25)22(29)13-16-9-11-17(26)12-10-16/h6-12,15,21H,4-5,13-14H2,1-3H3,(H,27,30). The highest BCUT2D eigenvalue weighted by molar-refractivity contribution is 6.36. The number of rotatable bonds is 9. The number of hydrogen-bond donors (Lipinski definition) is 1. The van der Waals surface area contributed by atoms with Crippen molar-refractivity contribution in [3.8, 4) is 0 Å². The van der Waals surface area contributed by atoms with Crippen LogP contribution in [0.5, 0.6) is 0 Å². The molecule has 2 atom stereocenters. The maximum absolute atomic E-state index is 13.3. The molecule has 0 heterocycles. The first-order valence-corrected chi connectivity index (χ1v) is 10.8. The molecular formula is C23H27Cl2FN2O2. The van der Waals surface area contributed by atoms with Crippen LogP contribution in [0.1, 0.15) is 44.7 Å². The molecule has 2 aromatic carbocycles. The van der Waals surface area contributed by atoms with E-state index < -0.39 is 6.04 Å². The van der Waals surface area contributed by atoms with Gasteiger partial charge < -0.3 is 10.2 Å². The Balaban J connectivity index is 2.35. The van der Waals surface area contributed by atoms with Crippen molar-refractivity contribution in [2.24, 2.45) is 0 Å². The van der Waals surface area contributed by atoms with Crippen LogP contribution in [0.4, 0.5) is 4.39 Å². The largest absolute Gasteiger partial charge is 0.352 e. The van der Waals surface area contributed by atoms with Gasteiger partial charge in [0.2, 0.25) is 11.8 Å². The van der Waals surface area contributed by atoms with Crippen molar-refractivity contribution in [2.75, 3.05) is 0 Å². The number of hydrogen-bond acceptors (Lipinski definition) is 2. The quantitative estimate of drug-likeness (QED) is 0.553. The summed E-state index contributed by atoms with van der Waals surface area (Å²) in [4.78, 5) is 27.7. The first-order valence-electron chi connectivity index (χ1n) is 10.0. The van der Waals surface area contributed by atoms with Crippen molar-refractivity contribution in [3.05, 3.63) is 69.5 Å². The van der Waals surface area contributed by atoms with Gasteiger partial charge in [0.25, 0.3) is 0 Å². The number of benzene rings is 2. The zero-order chi connectivity index (χ0) is 22.3. The molecule has 0 aliphatic heterocycles. The SMILES string of the molecule is CCC(C)NC(=O)C(CC)N(Cc1c(Cl)cccc1Cl)C(=O)Cc1ccc(F)cc1. The van der Waals surface area contributed by atoms with Crippen molar-refractivity contribution >= 4 is 35.0 Å². The van der Waals surface area contributed by atoms with E-state index in [1.807, 2.05) is 20.8 Å². The molecule has 2 amide bonds. The second-order valence-corrected chi connectivity index (χ2v) is 8.08. The Hall–Kier alpha value is -2.11. The predicted octanol–water partition coefficient (Wildman–Crippen LogP) is 5.40. The van der Waals surface area contributed by atoms with E-state index in [2.05, 4.69) is 5.32 Å². The fraction of sp³-hybridized carbons (Fsp3) is 0.391. The molecule has 0 saturated carbocycles. The van der Waals surface area contributed by atoms with Crippen molar-refractivity contribution < 1.29 is 14.0 Å². The molecule has 4 nitrogen and oxygen atoms in total. The van der Waals surface area contributed by atoms with Gasteiger partial charge in [-0.1, -0.05) is 55.2 Å². The van der Waals surface area contributed by atoms with E-state index in [0.717, 1.165) is 6.42 Å². The van der Waals surface area contributed by atoms with Gasteiger partial charge in [0.15, 0.2) is 0 Å². The normalized spacial score (nSPS) is 12.9. The number of halogens is 3. The molecule has 30 heavy (non-hydrogen) atoms. The number of carbonyl (C=O) groups excluding carboxylic acids is 2. The highest BCUT2D eigenvalue weighted by atomic mass is 35.5. The van der Waals surface area contributed by atoms with Crippen LogP contribution in [-0.4, -0.2) is 28.8 Å². The Kier molecular flexibility index (Phi) is 9.12. The van der Waals surface area contributed by atoms with E-state index >= 15 is 0 Å². The second-order valence-electron chi connectivity index (χ2n) is 7.27. The van der Waals surface area contributed by atoms with Crippen LogP contribution < -0.4 is 5.32 Å². The molecule has 0 fully saturated rings. The van der Waals surface area contributed by atoms with Crippen molar-refractivity contribution in [3.63, 3.8) is 0 Å². The maximum atomic E-state index is 13.3. The lowest BCUT2D eigenvalue weighted by atomic mass is 10.1. The summed E-state index contributed by atoms with van der Waals surface area (Å²) >= 11 is 12.7. The van der Waals surface area contributed by atoms with Gasteiger partial charge in [0.05, 0.1) is 6.42 Å². The monoisotopic (exact) mass is 452 g/mol. The average Bonchev–Trinajstić information content (AvgIpc) is 2.71. The van der Waals surface area contributed by atoms with E-state index in [-0.39, 0.29) is 36.6 Å². The third-order valence-corrected chi connectivity index (χ3v) is 5.75. The third-order valence-electron chi connectivity index (χ3n) is 5.05. The lowest BCUT2D eigenvalue weighted by Crippen LogP contribution is -2.51. The summed E-state index contributed by atoms with van der Waals surface area (Å²) < 4.78 is 13.2. The fourth-order valence-electron chi connectivity index (χ4n) is 3.09. The van der Waals surface area contributed by atoms with Crippen molar-refractivity contribution in [2.45, 2.75) is 58.7 Å². The maximum Gasteiger partial charge on any atom is 0.243 e. The minimum Gasteiger partial charge on any atom is -0.352 e. The third kappa shape index (κ3) is 6.44. The second kappa shape index (κ2) is 11.3. The minimum atomic E-state index is -0.681. The molecule has 0 aliphatic carbocycles. The Labute approximate surface area is 187 Å². The zero-order valence-corrected chi connectivity index (χ0v) is 18.9. The summed E-state index contributed by atoms with van der Waals surface area (Å²) in [5, 5.41) is 3.81. The number of amides is 2. The van der Waals surface area contributed by atoms with Crippen LogP contribution in [-0.2, 0) is 22.6 Å². The van der Waals surface area contributed by atoms with Crippen LogP contribution in [0.25, 0.3) is 0 Å². The van der Waals surface area contributed by atoms with Gasteiger partial charge in [0.1, 0.15) is 11.9 Å². The molecule has 0 aromatic heterocycles. The molecule has 1 N–H and O–H groups in total. The highest BCUT2D eigenvalue weighted by Gasteiger charge is 2.30. The molecule has 0 saturated heterocycles. The van der Waals surface area contributed by atoms with Crippen molar-refractivity contribution in [1.29, 1.82) is 0 Å². The van der Waals surface area contributed by atoms with E-state index in [1.54, 1.807) is 30.3 Å². The molecular weight excluding hydrogens is 426 g/mol. The highest BCUT2D eigenvalue weighted by Crippen LogP contribution is 2.27. The van der Waals surface area contributed by atoms with Gasteiger partial charge in [-0.2, -0.15) is 0 Å². The molecule has 2 rings (SSSR count). The molecule has 162 valence electrons. The summed E-state index contributed by atoms with van der Waals surface area (Å²) in [6.45, 7) is 5.85. The van der Waals surface area contributed by atoms with Crippen LogP contribution in [0.15, 0.2) is 42.5 Å². The first-order chi connectivity index (χ1) is 14.3. The number of carbonyl (C=O) groups is 2. The van der Waals surface area contributed by atoms with Gasteiger partial charge in [-0.3, -0.25) is 9.59 Å². The van der Waals surface area contributed by atoms with E-state index in [1.165, 1.54) is 17.0 Å². The van der Waals surface area contributed by atoms with Gasteiger partial charge in [-0.05, 0) is 49.6 Å². The van der Waals surface area contributed by atoms with E-state index in [4.69, 9.17) is 23.2 Å². The number of nitrogens with zero attached hydrogens (tertiary/aromatic N) is 1. The zero-order valence-electron chi connectivity index (χ0n) is 17.4. The van der Waals surface area contributed by atoms with Gasteiger partial charge in [-0.25, -0.2) is 4.39 Å². The van der Waals surface area contributed by atoms with Crippen LogP contribution in [0, 0.1) is 5.82 Å². The van der Waals surface area contributed by atoms with Crippen molar-refractivity contribution in [1.82, 2.24) is 10.2 Å². The summed E-state index contributed by atoms with van der Waals surface area (Å²) in [6.07, 6.45) is 1.25. The molecule has 0 radical (unpaired) electrons. The number of nitrogens with one attached hydrogen (secondary N) is 1. The lowest BCUT2D eigenvalue weighted by Gasteiger charge is -2.32. The van der Waals surface area contributed by atoms with Crippen LogP contribution >= 0.6 is 23.2 Å². The average molecular weight is 453 g/mol. The Morgan fingerprint density at radius 3 is 2.17 bits per heavy atom. The minimum absolute atomic E-state index is 0.00972. The van der Waals surface area contributed by atoms with E-state index in [9.17, 15) is 14.0 Å². The smallest absolute Gasteiger partial charge is 0.243 e. The van der Waals surface area contributed by atoms with Crippen LogP contribution in [0.2, 0.25) is 10.0 Å². The Bertz CT molecular complexity index is 854. The van der Waals surface area contributed by atoms with Gasteiger partial charge in [-0.15, -0.1) is 0 Å². The topological polar surface area (TPSA) is 49.4 Å². The summed E-state index contributed by atoms with van der Waals surface area (Å²) in [5.41, 5.74) is 1.25. The van der Waals surface area contributed by atoms with Crippen LogP contribution in [0.3, 0.4) is 0 Å². The van der Waals surface area contributed by atoms with Gasteiger partial charge >= 0.3 is 0 Å². The molecule has 7 heteroatoms. The molecule has 2 unspecified atom stereocenters. The fourth-order valence-corrected chi connectivity index (χ4v) is 3.61.